The molecule has 0 spiro atoms. The first-order valence-corrected chi connectivity index (χ1v) is 73.2. The first-order valence-electron chi connectivity index (χ1n) is 24.4. The summed E-state index contributed by atoms with van der Waals surface area (Å²) in [4.78, 5) is 0. The largest absolute Gasteiger partial charge is 0.439 e. The quantitative estimate of drug-likeness (QED) is 0.0742. The fourth-order valence-corrected chi connectivity index (χ4v) is 72.2. The number of hydrogen-bond donors (Lipinski definition) is 0. The van der Waals surface area contributed by atoms with Gasteiger partial charge in [0.05, 0.1) is 0 Å². The maximum Gasteiger partial charge on any atom is 0.300 e. The first kappa shape index (κ1) is 72.9. The van der Waals surface area contributed by atoms with E-state index in [0.29, 0.717) is 0 Å². The van der Waals surface area contributed by atoms with E-state index in [1.807, 2.05) is 118 Å². The molecule has 0 N–H and O–H groups in total. The van der Waals surface area contributed by atoms with E-state index in [9.17, 15) is 0 Å². The van der Waals surface area contributed by atoms with Crippen LogP contribution in [0, 0.1) is 0 Å². The van der Waals surface area contributed by atoms with Crippen LogP contribution >= 0.6 is 0 Å². The second kappa shape index (κ2) is 38.5. The summed E-state index contributed by atoms with van der Waals surface area (Å²) in [6.07, 6.45) is 0. The summed E-state index contributed by atoms with van der Waals surface area (Å²) in [6, 6.07) is 0. The summed E-state index contributed by atoms with van der Waals surface area (Å²) in [7, 11) is -41.6. The molecule has 20 atom stereocenters. The lowest BCUT2D eigenvalue weighted by Gasteiger charge is -2.28. The third-order valence-corrected chi connectivity index (χ3v) is 74.9. The molecule has 0 aromatic rings. The van der Waals surface area contributed by atoms with Gasteiger partial charge in [-0.3, -0.25) is 0 Å². The Bertz CT molecular complexity index is 1210. The van der Waals surface area contributed by atoms with Crippen LogP contribution in [0.5, 0.6) is 0 Å². The third-order valence-electron chi connectivity index (χ3n) is 8.32. The van der Waals surface area contributed by atoms with Crippen molar-refractivity contribution in [1.29, 1.82) is 0 Å². The summed E-state index contributed by atoms with van der Waals surface area (Å²) in [6.45, 7) is 53.6. The molecule has 0 amide bonds. The molecule has 416 valence electrons. The van der Waals surface area contributed by atoms with E-state index in [-0.39, 0.29) is 0 Å². The Morgan fingerprint density at radius 2 is 0.217 bits per heavy atom. The van der Waals surface area contributed by atoms with Crippen LogP contribution in [0.4, 0.5) is 0 Å². The maximum absolute atomic E-state index is 6.27. The number of rotatable bonds is 42. The van der Waals surface area contributed by atoms with Crippen molar-refractivity contribution in [2.24, 2.45) is 0 Å². The van der Waals surface area contributed by atoms with Crippen molar-refractivity contribution in [3.8, 4) is 0 Å². The van der Waals surface area contributed by atoms with Crippen LogP contribution in [0.3, 0.4) is 0 Å². The second-order valence-electron chi connectivity index (χ2n) is 18.4. The molecule has 21 nitrogen and oxygen atoms in total. The molecule has 0 fully saturated rings. The minimum atomic E-state index is -1.99. The van der Waals surface area contributed by atoms with Crippen LogP contribution in [-0.4, -0.2) is 202 Å². The fraction of sp³-hybridized carbons (Fsp3) is 1.00. The molecule has 0 saturated carbocycles. The lowest BCUT2D eigenvalue weighted by Crippen LogP contribution is -2.44. The van der Waals surface area contributed by atoms with Crippen LogP contribution in [0.1, 0.15) is 0 Å². The van der Waals surface area contributed by atoms with Gasteiger partial charge in [-0.2, -0.15) is 0 Å². The van der Waals surface area contributed by atoms with E-state index in [4.69, 9.17) is 86.4 Å². The van der Waals surface area contributed by atoms with Crippen molar-refractivity contribution in [3.05, 3.63) is 0 Å². The van der Waals surface area contributed by atoms with E-state index in [0.717, 1.165) is 0 Å². The molecular formula is C26H98O21Si22. The smallest absolute Gasteiger partial charge is 0.300 e. The normalized spacial score (nSPS) is 21.8. The van der Waals surface area contributed by atoms with Crippen molar-refractivity contribution < 1.29 is 86.4 Å². The van der Waals surface area contributed by atoms with Crippen LogP contribution in [0.25, 0.3) is 0 Å². The van der Waals surface area contributed by atoms with E-state index in [1.165, 1.54) is 0 Å². The van der Waals surface area contributed by atoms with E-state index in [2.05, 4.69) is 52.4 Å². The van der Waals surface area contributed by atoms with Gasteiger partial charge in [0.1, 0.15) is 0 Å². The average molecular weight is 1360 g/mol. The highest BCUT2D eigenvalue weighted by atomic mass is 28.5. The van der Waals surface area contributed by atoms with E-state index < -0.39 is 202 Å². The monoisotopic (exact) mass is 1360 g/mol. The maximum atomic E-state index is 6.27. The van der Waals surface area contributed by atoms with Gasteiger partial charge in [0.25, 0.3) is 186 Å². The van der Waals surface area contributed by atoms with Crippen molar-refractivity contribution in [3.63, 3.8) is 0 Å². The molecule has 0 aliphatic rings. The molecule has 43 heteroatoms. The van der Waals surface area contributed by atoms with Gasteiger partial charge in [-0.25, -0.2) is 0 Å². The standard InChI is InChI=1S/C26H98O21Si22/c1-48(28-50(3)30-52(5)32-54(7)34-56(9)36-58(11)38-60(13)40-62(15)42-64(17)44-66(19)46-68(21,22)23)27-49(2)29-51(4)31-53(6)33-55(8)35-57(10)37-59(12)39-61(14)41-63(16)43-65(18)45-67(20)47-69(24,25)26/h48-67H,1-26H3. The third kappa shape index (κ3) is 43.5. The molecule has 0 radical (unpaired) electrons. The molecular weight excluding hydrogens is 1270 g/mol. The summed E-state index contributed by atoms with van der Waals surface area (Å²) in [5, 5.41) is 0. The molecule has 0 aliphatic carbocycles. The molecule has 0 aromatic heterocycles. The van der Waals surface area contributed by atoms with Gasteiger partial charge < -0.3 is 86.4 Å². The van der Waals surface area contributed by atoms with Crippen molar-refractivity contribution in [2.45, 2.75) is 170 Å². The molecule has 20 unspecified atom stereocenters. The van der Waals surface area contributed by atoms with Gasteiger partial charge in [0, 0.05) is 0 Å². The zero-order valence-electron chi connectivity index (χ0n) is 47.1. The van der Waals surface area contributed by atoms with E-state index in [1.54, 1.807) is 0 Å². The molecule has 0 aromatic carbocycles. The van der Waals surface area contributed by atoms with Crippen molar-refractivity contribution in [1.82, 2.24) is 0 Å². The summed E-state index contributed by atoms with van der Waals surface area (Å²) in [5.74, 6) is 0. The van der Waals surface area contributed by atoms with Crippen LogP contribution in [0.2, 0.25) is 170 Å². The molecule has 0 rings (SSSR count). The van der Waals surface area contributed by atoms with Gasteiger partial charge >= 0.3 is 0 Å². The summed E-state index contributed by atoms with van der Waals surface area (Å²) >= 11 is 0. The van der Waals surface area contributed by atoms with E-state index >= 15 is 0 Å². The highest BCUT2D eigenvalue weighted by Crippen LogP contribution is 2.12. The molecule has 69 heavy (non-hydrogen) atoms. The molecule has 0 saturated heterocycles. The predicted octanol–water partition coefficient (Wildman–Crippen LogP) is 0.0108. The highest BCUT2D eigenvalue weighted by Gasteiger charge is 2.30. The lowest BCUT2D eigenvalue weighted by molar-refractivity contribution is 0.304. The Balaban J connectivity index is 4.46. The fourth-order valence-electron chi connectivity index (χ4n) is 6.76. The minimum absolute atomic E-state index is 1.62. The minimum Gasteiger partial charge on any atom is -0.439 e. The average Bonchev–Trinajstić information content (AvgIpc) is 3.07. The topological polar surface area (TPSA) is 194 Å². The molecule has 0 heterocycles. The van der Waals surface area contributed by atoms with Crippen molar-refractivity contribution >= 4 is 202 Å². The van der Waals surface area contributed by atoms with Crippen LogP contribution in [0.15, 0.2) is 0 Å². The van der Waals surface area contributed by atoms with Gasteiger partial charge in [-0.15, -0.1) is 0 Å². The van der Waals surface area contributed by atoms with Gasteiger partial charge in [-0.05, 0) is 170 Å². The zero-order valence-corrected chi connectivity index (χ0v) is 72.2. The van der Waals surface area contributed by atoms with Gasteiger partial charge in [0.15, 0.2) is 16.6 Å². The Morgan fingerprint density at radius 3 is 0.290 bits per heavy atom. The summed E-state index contributed by atoms with van der Waals surface area (Å²) < 4.78 is 131. The molecule has 0 aliphatic heterocycles. The Hall–Kier alpha value is 3.93. The SMILES string of the molecule is C[SiH](O[SiH](C)O[SiH](C)O[SiH](C)O[SiH](C)O[SiH](C)O[SiH](C)O[SiH](C)O[SiH](C)O[SiH](C)O[SiH](C)O[Si](C)(C)C)O[SiH](C)O[SiH](C)O[SiH](C)O[SiH](C)O[SiH](C)O[SiH](C)O[SiH](C)O[SiH](C)O[SiH](C)O[Si](C)(C)C. The lowest BCUT2D eigenvalue weighted by atomic mass is 11.8. The number of hydrogen-bond acceptors (Lipinski definition) is 21. The zero-order chi connectivity index (χ0) is 53.4. The van der Waals surface area contributed by atoms with Gasteiger partial charge in [-0.1, -0.05) is 0 Å². The van der Waals surface area contributed by atoms with Gasteiger partial charge in [0.2, 0.25) is 0 Å². The van der Waals surface area contributed by atoms with Crippen LogP contribution in [-0.2, 0) is 86.4 Å². The second-order valence-corrected chi connectivity index (χ2v) is 72.1. The van der Waals surface area contributed by atoms with Crippen molar-refractivity contribution in [2.75, 3.05) is 0 Å². The first-order chi connectivity index (χ1) is 31.6. The Labute approximate surface area is 455 Å². The molecule has 0 bridgehead atoms. The summed E-state index contributed by atoms with van der Waals surface area (Å²) in [5.41, 5.74) is 0. The predicted molar refractivity (Wildman–Crippen MR) is 330 cm³/mol. The Morgan fingerprint density at radius 1 is 0.145 bits per heavy atom. The highest BCUT2D eigenvalue weighted by molar-refractivity contribution is 6.79. The van der Waals surface area contributed by atoms with Crippen LogP contribution < -0.4 is 0 Å². The Kier molecular flexibility index (Phi) is 40.7.